The van der Waals surface area contributed by atoms with Crippen LogP contribution in [-0.2, 0) is 4.74 Å². The minimum atomic E-state index is -1.29. The zero-order chi connectivity index (χ0) is 22.1. The number of nitrogens with zero attached hydrogens (tertiary/aromatic N) is 4. The van der Waals surface area contributed by atoms with E-state index in [4.69, 9.17) is 21.1 Å². The predicted molar refractivity (Wildman–Crippen MR) is 113 cm³/mol. The fourth-order valence-corrected chi connectivity index (χ4v) is 4.72. The van der Waals surface area contributed by atoms with Crippen molar-refractivity contribution in [3.63, 3.8) is 0 Å². The maximum Gasteiger partial charge on any atom is 0.407 e. The number of halogens is 2. The second-order valence-corrected chi connectivity index (χ2v) is 8.23. The number of amides is 1. The van der Waals surface area contributed by atoms with Gasteiger partial charge in [0.05, 0.1) is 30.2 Å². The number of anilines is 1. The Bertz CT molecular complexity index is 947. The molecule has 8 nitrogen and oxygen atoms in total. The van der Waals surface area contributed by atoms with Crippen LogP contribution >= 0.6 is 11.6 Å². The highest BCUT2D eigenvalue weighted by molar-refractivity contribution is 6.30. The molecule has 1 aromatic heterocycles. The molecule has 4 rings (SSSR count). The van der Waals surface area contributed by atoms with Crippen LogP contribution in [0.5, 0.6) is 5.75 Å². The summed E-state index contributed by atoms with van der Waals surface area (Å²) in [6, 6.07) is 3.98. The number of benzene rings is 1. The smallest absolute Gasteiger partial charge is 0.407 e. The third kappa shape index (κ3) is 4.12. The fraction of sp³-hybridized carbons (Fsp3) is 0.476. The Morgan fingerprint density at radius 1 is 1.35 bits per heavy atom. The van der Waals surface area contributed by atoms with Gasteiger partial charge in [0.15, 0.2) is 6.79 Å². The quantitative estimate of drug-likeness (QED) is 0.669. The van der Waals surface area contributed by atoms with Gasteiger partial charge >= 0.3 is 6.09 Å². The van der Waals surface area contributed by atoms with Crippen molar-refractivity contribution in [1.82, 2.24) is 14.9 Å². The summed E-state index contributed by atoms with van der Waals surface area (Å²) in [6.07, 6.45) is 2.52. The first-order valence-electron chi connectivity index (χ1n) is 10.0. The fourth-order valence-electron chi connectivity index (χ4n) is 4.55. The Labute approximate surface area is 184 Å². The number of fused-ring (bicyclic) bond motifs is 2. The van der Waals surface area contributed by atoms with Crippen molar-refractivity contribution in [2.24, 2.45) is 0 Å². The SMILES string of the molecule is COCOc1cc(Cl)ccc1-c1cnc(N(C)[C@@H]2C[C@H]3CC[C@@H]([C@@H]2F)N3C(=O)O)cn1. The van der Waals surface area contributed by atoms with E-state index in [1.807, 2.05) is 0 Å². The average molecular weight is 451 g/mol. The molecule has 0 radical (unpaired) electrons. The van der Waals surface area contributed by atoms with Gasteiger partial charge in [-0.15, -0.1) is 0 Å². The number of alkyl halides is 1. The van der Waals surface area contributed by atoms with E-state index in [9.17, 15) is 9.90 Å². The van der Waals surface area contributed by atoms with Crippen LogP contribution in [0.2, 0.25) is 5.02 Å². The van der Waals surface area contributed by atoms with Gasteiger partial charge in [0.1, 0.15) is 17.7 Å². The van der Waals surface area contributed by atoms with Gasteiger partial charge in [0.2, 0.25) is 0 Å². The Hall–Kier alpha value is -2.65. The van der Waals surface area contributed by atoms with Gasteiger partial charge in [0.25, 0.3) is 0 Å². The summed E-state index contributed by atoms with van der Waals surface area (Å²) in [5.74, 6) is 1.04. The van der Waals surface area contributed by atoms with Crippen LogP contribution in [0.3, 0.4) is 0 Å². The van der Waals surface area contributed by atoms with Gasteiger partial charge in [0, 0.05) is 30.8 Å². The largest absolute Gasteiger partial charge is 0.467 e. The molecular formula is C21H24ClFN4O4. The Morgan fingerprint density at radius 2 is 2.16 bits per heavy atom. The number of carbonyl (C=O) groups is 1. The number of piperidine rings is 1. The van der Waals surface area contributed by atoms with Crippen molar-refractivity contribution in [1.29, 1.82) is 0 Å². The van der Waals surface area contributed by atoms with Crippen molar-refractivity contribution >= 4 is 23.5 Å². The summed E-state index contributed by atoms with van der Waals surface area (Å²) in [6.45, 7) is 0.0663. The van der Waals surface area contributed by atoms with Crippen LogP contribution in [0.4, 0.5) is 15.0 Å². The van der Waals surface area contributed by atoms with Gasteiger partial charge in [-0.25, -0.2) is 14.2 Å². The van der Waals surface area contributed by atoms with E-state index in [1.165, 1.54) is 12.0 Å². The number of methoxy groups -OCH3 is 1. The van der Waals surface area contributed by atoms with E-state index >= 15 is 4.39 Å². The van der Waals surface area contributed by atoms with E-state index in [-0.39, 0.29) is 12.8 Å². The highest BCUT2D eigenvalue weighted by Gasteiger charge is 2.51. The second kappa shape index (κ2) is 8.84. The lowest BCUT2D eigenvalue weighted by molar-refractivity contribution is 0.0489. The molecule has 0 aliphatic carbocycles. The lowest BCUT2D eigenvalue weighted by Gasteiger charge is -2.43. The molecule has 2 aliphatic heterocycles. The highest BCUT2D eigenvalue weighted by Crippen LogP contribution is 2.40. The first-order chi connectivity index (χ1) is 14.9. The zero-order valence-corrected chi connectivity index (χ0v) is 18.0. The van der Waals surface area contributed by atoms with E-state index in [0.717, 1.165) is 0 Å². The molecule has 0 spiro atoms. The maximum absolute atomic E-state index is 15.2. The number of hydrogen-bond acceptors (Lipinski definition) is 6. The molecule has 2 fully saturated rings. The van der Waals surface area contributed by atoms with Crippen LogP contribution in [0.1, 0.15) is 19.3 Å². The summed E-state index contributed by atoms with van der Waals surface area (Å²) in [5, 5.41) is 9.93. The van der Waals surface area contributed by atoms with Gasteiger partial charge in [-0.05, 0) is 37.5 Å². The van der Waals surface area contributed by atoms with Crippen LogP contribution < -0.4 is 9.64 Å². The summed E-state index contributed by atoms with van der Waals surface area (Å²) < 4.78 is 25.8. The minimum absolute atomic E-state index is 0.0663. The van der Waals surface area contributed by atoms with Crippen LogP contribution in [0.15, 0.2) is 30.6 Å². The number of aromatic nitrogens is 2. The third-order valence-electron chi connectivity index (χ3n) is 6.06. The Morgan fingerprint density at radius 3 is 2.84 bits per heavy atom. The molecule has 2 bridgehead atoms. The van der Waals surface area contributed by atoms with E-state index in [0.29, 0.717) is 47.1 Å². The van der Waals surface area contributed by atoms with Crippen molar-refractivity contribution < 1.29 is 23.8 Å². The van der Waals surface area contributed by atoms with Crippen molar-refractivity contribution in [3.8, 4) is 17.0 Å². The molecule has 2 aromatic rings. The van der Waals surface area contributed by atoms with Crippen LogP contribution in [0, 0.1) is 0 Å². The lowest BCUT2D eigenvalue weighted by Crippen LogP contribution is -2.58. The Kier molecular flexibility index (Phi) is 6.15. The molecule has 10 heteroatoms. The van der Waals surface area contributed by atoms with Gasteiger partial charge < -0.3 is 19.5 Å². The first-order valence-corrected chi connectivity index (χ1v) is 10.4. The van der Waals surface area contributed by atoms with Crippen molar-refractivity contribution in [3.05, 3.63) is 35.6 Å². The van der Waals surface area contributed by atoms with Crippen molar-refractivity contribution in [2.75, 3.05) is 25.9 Å². The summed E-state index contributed by atoms with van der Waals surface area (Å²) in [5.41, 5.74) is 1.29. The van der Waals surface area contributed by atoms with Crippen LogP contribution in [0.25, 0.3) is 11.3 Å². The molecule has 1 N–H and O–H groups in total. The van der Waals surface area contributed by atoms with E-state index < -0.39 is 24.3 Å². The number of hydrogen-bond donors (Lipinski definition) is 1. The average Bonchev–Trinajstić information content (AvgIpc) is 3.12. The van der Waals surface area contributed by atoms with E-state index in [2.05, 4.69) is 9.97 Å². The number of ether oxygens (including phenoxy) is 2. The Balaban J connectivity index is 1.53. The van der Waals surface area contributed by atoms with Crippen LogP contribution in [-0.4, -0.2) is 71.3 Å². The molecule has 0 unspecified atom stereocenters. The number of carboxylic acid groups (broad SMARTS) is 1. The molecule has 166 valence electrons. The van der Waals surface area contributed by atoms with E-state index in [1.54, 1.807) is 42.5 Å². The summed E-state index contributed by atoms with van der Waals surface area (Å²) >= 11 is 6.07. The zero-order valence-electron chi connectivity index (χ0n) is 17.2. The monoisotopic (exact) mass is 450 g/mol. The lowest BCUT2D eigenvalue weighted by atomic mass is 9.94. The third-order valence-corrected chi connectivity index (χ3v) is 6.30. The minimum Gasteiger partial charge on any atom is -0.467 e. The van der Waals surface area contributed by atoms with Crippen molar-refractivity contribution in [2.45, 2.75) is 43.6 Å². The number of rotatable bonds is 6. The summed E-state index contributed by atoms with van der Waals surface area (Å²) in [4.78, 5) is 23.5. The second-order valence-electron chi connectivity index (χ2n) is 7.80. The normalized spacial score (nSPS) is 24.8. The highest BCUT2D eigenvalue weighted by atomic mass is 35.5. The molecule has 4 atom stereocenters. The summed E-state index contributed by atoms with van der Waals surface area (Å²) in [7, 11) is 3.30. The van der Waals surface area contributed by atoms with Gasteiger partial charge in [-0.2, -0.15) is 0 Å². The first kappa shape index (κ1) is 21.6. The van der Waals surface area contributed by atoms with Gasteiger partial charge in [-0.1, -0.05) is 11.6 Å². The molecule has 2 aliphatic rings. The van der Waals surface area contributed by atoms with Gasteiger partial charge in [-0.3, -0.25) is 9.88 Å². The topological polar surface area (TPSA) is 88.0 Å². The molecule has 2 saturated heterocycles. The predicted octanol–water partition coefficient (Wildman–Crippen LogP) is 3.84. The molecular weight excluding hydrogens is 427 g/mol. The molecule has 3 heterocycles. The standard InChI is InChI=1S/C21H24ClFN4O4/c1-26(17-8-13-4-6-16(20(17)23)27(13)21(28)29)19-10-24-15(9-25-19)14-5-3-12(22)7-18(14)31-11-30-2/h3,5,7,9-10,13,16-17,20H,4,6,8,11H2,1-2H3,(H,28,29)/t13-,16+,17-,20+/m1/s1. The molecule has 1 aromatic carbocycles. The molecule has 0 saturated carbocycles. The molecule has 1 amide bonds. The molecule has 31 heavy (non-hydrogen) atoms. The maximum atomic E-state index is 15.2.